The third-order valence-corrected chi connectivity index (χ3v) is 2.56. The molecule has 0 spiro atoms. The standard InChI is InChI=1S/C12H12N2O3/c1-7(12(16)17)14-11(15)9-3-2-4-10-8(9)5-6-13-10/h2-7,13H,1H3,(H,14,15)(H,16,17). The Kier molecular flexibility index (Phi) is 2.82. The molecule has 0 saturated carbocycles. The van der Waals surface area contributed by atoms with Crippen LogP contribution in [0, 0.1) is 0 Å². The van der Waals surface area contributed by atoms with Crippen LogP contribution in [0.25, 0.3) is 10.9 Å². The molecule has 1 heterocycles. The predicted octanol–water partition coefficient (Wildman–Crippen LogP) is 1.37. The number of fused-ring (bicyclic) bond motifs is 1. The maximum Gasteiger partial charge on any atom is 0.325 e. The van der Waals surface area contributed by atoms with Gasteiger partial charge in [-0.1, -0.05) is 6.07 Å². The third kappa shape index (κ3) is 2.13. The Morgan fingerprint density at radius 3 is 2.82 bits per heavy atom. The Hall–Kier alpha value is -2.30. The van der Waals surface area contributed by atoms with Crippen LogP contribution in [0.15, 0.2) is 30.5 Å². The van der Waals surface area contributed by atoms with Gasteiger partial charge in [0, 0.05) is 22.7 Å². The summed E-state index contributed by atoms with van der Waals surface area (Å²) in [4.78, 5) is 25.5. The minimum absolute atomic E-state index is 0.384. The Labute approximate surface area is 97.4 Å². The second-order valence-corrected chi connectivity index (χ2v) is 3.78. The number of H-pyrrole nitrogens is 1. The number of aromatic amines is 1. The maximum absolute atomic E-state index is 11.9. The van der Waals surface area contributed by atoms with Gasteiger partial charge >= 0.3 is 5.97 Å². The van der Waals surface area contributed by atoms with Crippen molar-refractivity contribution < 1.29 is 14.7 Å². The molecule has 1 aromatic heterocycles. The number of carboxylic acids is 1. The molecule has 2 rings (SSSR count). The average Bonchev–Trinajstić information content (AvgIpc) is 2.76. The van der Waals surface area contributed by atoms with E-state index < -0.39 is 12.0 Å². The lowest BCUT2D eigenvalue weighted by Gasteiger charge is -2.09. The Balaban J connectivity index is 2.30. The molecule has 0 aliphatic rings. The first-order chi connectivity index (χ1) is 8.09. The maximum atomic E-state index is 11.9. The number of amides is 1. The van der Waals surface area contributed by atoms with Crippen LogP contribution in [0.3, 0.4) is 0 Å². The summed E-state index contributed by atoms with van der Waals surface area (Å²) in [5.74, 6) is -1.44. The minimum Gasteiger partial charge on any atom is -0.480 e. The van der Waals surface area contributed by atoms with Crippen molar-refractivity contribution in [2.45, 2.75) is 13.0 Å². The Morgan fingerprint density at radius 2 is 2.12 bits per heavy atom. The van der Waals surface area contributed by atoms with Crippen LogP contribution in [-0.4, -0.2) is 28.0 Å². The molecule has 0 bridgehead atoms. The first-order valence-electron chi connectivity index (χ1n) is 5.19. The van der Waals surface area contributed by atoms with Crippen LogP contribution in [-0.2, 0) is 4.79 Å². The molecule has 1 amide bonds. The van der Waals surface area contributed by atoms with E-state index in [-0.39, 0.29) is 5.91 Å². The summed E-state index contributed by atoms with van der Waals surface area (Å²) in [6.45, 7) is 1.43. The van der Waals surface area contributed by atoms with E-state index in [9.17, 15) is 9.59 Å². The third-order valence-electron chi connectivity index (χ3n) is 2.56. The summed E-state index contributed by atoms with van der Waals surface area (Å²) in [5.41, 5.74) is 1.32. The van der Waals surface area contributed by atoms with Gasteiger partial charge in [0.25, 0.3) is 5.91 Å². The second kappa shape index (κ2) is 4.29. The number of carboxylic acid groups (broad SMARTS) is 1. The quantitative estimate of drug-likeness (QED) is 0.747. The molecule has 5 nitrogen and oxygen atoms in total. The molecule has 88 valence electrons. The summed E-state index contributed by atoms with van der Waals surface area (Å²) in [6.07, 6.45) is 1.74. The van der Waals surface area contributed by atoms with Gasteiger partial charge < -0.3 is 15.4 Å². The van der Waals surface area contributed by atoms with Crippen LogP contribution in [0.5, 0.6) is 0 Å². The van der Waals surface area contributed by atoms with Crippen LogP contribution in [0.1, 0.15) is 17.3 Å². The van der Waals surface area contributed by atoms with Gasteiger partial charge in [-0.05, 0) is 25.1 Å². The van der Waals surface area contributed by atoms with E-state index in [4.69, 9.17) is 5.11 Å². The van der Waals surface area contributed by atoms with Crippen LogP contribution in [0.4, 0.5) is 0 Å². The van der Waals surface area contributed by atoms with Gasteiger partial charge in [-0.3, -0.25) is 9.59 Å². The van der Waals surface area contributed by atoms with E-state index in [0.29, 0.717) is 5.56 Å². The lowest BCUT2D eigenvalue weighted by molar-refractivity contribution is -0.138. The fourth-order valence-corrected chi connectivity index (χ4v) is 1.62. The van der Waals surface area contributed by atoms with Crippen LogP contribution in [0.2, 0.25) is 0 Å². The zero-order chi connectivity index (χ0) is 12.4. The van der Waals surface area contributed by atoms with E-state index >= 15 is 0 Å². The van der Waals surface area contributed by atoms with Crippen molar-refractivity contribution in [1.29, 1.82) is 0 Å². The zero-order valence-corrected chi connectivity index (χ0v) is 9.23. The van der Waals surface area contributed by atoms with Gasteiger partial charge in [-0.25, -0.2) is 0 Å². The number of benzene rings is 1. The molecular weight excluding hydrogens is 220 g/mol. The summed E-state index contributed by atoms with van der Waals surface area (Å²) in [7, 11) is 0. The van der Waals surface area contributed by atoms with Gasteiger partial charge in [0.05, 0.1) is 0 Å². The molecule has 1 aromatic carbocycles. The highest BCUT2D eigenvalue weighted by molar-refractivity contribution is 6.07. The molecule has 3 N–H and O–H groups in total. The molecule has 0 radical (unpaired) electrons. The molecule has 0 aliphatic carbocycles. The zero-order valence-electron chi connectivity index (χ0n) is 9.23. The number of rotatable bonds is 3. The molecule has 0 saturated heterocycles. The van der Waals surface area contributed by atoms with Crippen molar-refractivity contribution in [3.63, 3.8) is 0 Å². The number of carbonyl (C=O) groups is 2. The van der Waals surface area contributed by atoms with Crippen molar-refractivity contribution in [3.05, 3.63) is 36.0 Å². The molecule has 1 atom stereocenters. The van der Waals surface area contributed by atoms with E-state index in [0.717, 1.165) is 10.9 Å². The molecular formula is C12H12N2O3. The number of hydrogen-bond donors (Lipinski definition) is 3. The molecule has 1 unspecified atom stereocenters. The highest BCUT2D eigenvalue weighted by Crippen LogP contribution is 2.17. The first kappa shape index (κ1) is 11.2. The van der Waals surface area contributed by atoms with Crippen molar-refractivity contribution in [3.8, 4) is 0 Å². The fourth-order valence-electron chi connectivity index (χ4n) is 1.62. The highest BCUT2D eigenvalue weighted by Gasteiger charge is 2.16. The number of carbonyl (C=O) groups excluding carboxylic acids is 1. The molecule has 0 aliphatic heterocycles. The smallest absolute Gasteiger partial charge is 0.325 e. The molecule has 17 heavy (non-hydrogen) atoms. The van der Waals surface area contributed by atoms with E-state index in [1.54, 1.807) is 24.4 Å². The largest absolute Gasteiger partial charge is 0.480 e. The summed E-state index contributed by atoms with van der Waals surface area (Å²) >= 11 is 0. The predicted molar refractivity (Wildman–Crippen MR) is 62.9 cm³/mol. The molecule has 0 fully saturated rings. The summed E-state index contributed by atoms with van der Waals surface area (Å²) < 4.78 is 0. The Bertz CT molecular complexity index is 574. The van der Waals surface area contributed by atoms with Crippen LogP contribution < -0.4 is 5.32 Å². The lowest BCUT2D eigenvalue weighted by Crippen LogP contribution is -2.38. The number of aromatic nitrogens is 1. The molecule has 2 aromatic rings. The van der Waals surface area contributed by atoms with Crippen molar-refractivity contribution in [2.24, 2.45) is 0 Å². The normalized spacial score (nSPS) is 12.3. The second-order valence-electron chi connectivity index (χ2n) is 3.78. The lowest BCUT2D eigenvalue weighted by atomic mass is 10.1. The van der Waals surface area contributed by atoms with Crippen LogP contribution >= 0.6 is 0 Å². The van der Waals surface area contributed by atoms with Gasteiger partial charge in [0.1, 0.15) is 6.04 Å². The number of aliphatic carboxylic acids is 1. The van der Waals surface area contributed by atoms with E-state index in [2.05, 4.69) is 10.3 Å². The Morgan fingerprint density at radius 1 is 1.35 bits per heavy atom. The summed E-state index contributed by atoms with van der Waals surface area (Å²) in [6, 6.07) is 6.15. The van der Waals surface area contributed by atoms with Gasteiger partial charge in [-0.15, -0.1) is 0 Å². The number of hydrogen-bond acceptors (Lipinski definition) is 2. The average molecular weight is 232 g/mol. The monoisotopic (exact) mass is 232 g/mol. The van der Waals surface area contributed by atoms with Gasteiger partial charge in [-0.2, -0.15) is 0 Å². The van der Waals surface area contributed by atoms with Gasteiger partial charge in [0.15, 0.2) is 0 Å². The van der Waals surface area contributed by atoms with Crippen molar-refractivity contribution in [1.82, 2.24) is 10.3 Å². The van der Waals surface area contributed by atoms with Crippen molar-refractivity contribution >= 4 is 22.8 Å². The minimum atomic E-state index is -1.06. The SMILES string of the molecule is CC(NC(=O)c1cccc2[nH]ccc12)C(=O)O. The number of nitrogens with one attached hydrogen (secondary N) is 2. The first-order valence-corrected chi connectivity index (χ1v) is 5.19. The van der Waals surface area contributed by atoms with E-state index in [1.165, 1.54) is 6.92 Å². The summed E-state index contributed by atoms with van der Waals surface area (Å²) in [5, 5.41) is 11.9. The van der Waals surface area contributed by atoms with E-state index in [1.807, 2.05) is 6.07 Å². The highest BCUT2D eigenvalue weighted by atomic mass is 16.4. The van der Waals surface area contributed by atoms with Crippen molar-refractivity contribution in [2.75, 3.05) is 0 Å². The molecule has 5 heteroatoms. The fraction of sp³-hybridized carbons (Fsp3) is 0.167. The van der Waals surface area contributed by atoms with Gasteiger partial charge in [0.2, 0.25) is 0 Å². The topological polar surface area (TPSA) is 82.2 Å².